The van der Waals surface area contributed by atoms with Crippen LogP contribution >= 0.6 is 0 Å². The van der Waals surface area contributed by atoms with Gasteiger partial charge in [0.15, 0.2) is 11.5 Å². The minimum absolute atomic E-state index is 0.0211. The second kappa shape index (κ2) is 8.89. The minimum atomic E-state index is -1.22. The quantitative estimate of drug-likeness (QED) is 0.442. The summed E-state index contributed by atoms with van der Waals surface area (Å²) in [7, 11) is 4.56. The van der Waals surface area contributed by atoms with Crippen LogP contribution in [0.4, 0.5) is 0 Å². The summed E-state index contributed by atoms with van der Waals surface area (Å²) in [5.74, 6) is 0.280. The fourth-order valence-electron chi connectivity index (χ4n) is 3.82. The van der Waals surface area contributed by atoms with Crippen LogP contribution in [0.15, 0.2) is 60.7 Å². The molecule has 1 N–H and O–H groups in total. The topological polar surface area (TPSA) is 102 Å². The van der Waals surface area contributed by atoms with Crippen molar-refractivity contribution in [1.82, 2.24) is 4.98 Å². The van der Waals surface area contributed by atoms with Crippen LogP contribution in [-0.2, 0) is 0 Å². The Morgan fingerprint density at radius 3 is 2.09 bits per heavy atom. The van der Waals surface area contributed by atoms with Crippen molar-refractivity contribution in [3.8, 4) is 45.7 Å². The van der Waals surface area contributed by atoms with Gasteiger partial charge in [-0.2, -0.15) is 5.26 Å². The van der Waals surface area contributed by atoms with Gasteiger partial charge in [-0.1, -0.05) is 42.5 Å². The van der Waals surface area contributed by atoms with Crippen LogP contribution < -0.4 is 14.2 Å². The van der Waals surface area contributed by atoms with Crippen molar-refractivity contribution in [1.29, 1.82) is 5.26 Å². The van der Waals surface area contributed by atoms with Gasteiger partial charge in [0.2, 0.25) is 0 Å². The van der Waals surface area contributed by atoms with Gasteiger partial charge in [-0.15, -0.1) is 0 Å². The molecule has 4 aromatic rings. The molecule has 1 heterocycles. The molecule has 0 amide bonds. The number of nitrogens with zero attached hydrogens (tertiary/aromatic N) is 2. The molecule has 4 rings (SSSR count). The summed E-state index contributed by atoms with van der Waals surface area (Å²) in [6, 6.07) is 20.2. The molecule has 0 saturated heterocycles. The van der Waals surface area contributed by atoms with Crippen molar-refractivity contribution in [2.75, 3.05) is 21.3 Å². The Balaban J connectivity index is 1.93. The first-order chi connectivity index (χ1) is 16.0. The maximum atomic E-state index is 12.2. The molecule has 33 heavy (non-hydrogen) atoms. The number of rotatable bonds is 6. The first kappa shape index (κ1) is 21.7. The third-order valence-electron chi connectivity index (χ3n) is 5.39. The Morgan fingerprint density at radius 2 is 1.48 bits per heavy atom. The standard InChI is InChI=1S/C26H20N2O5/c1-31-21-7-5-4-6-17(21)15-8-10-16(11-9-15)25-19(14-27)24(26(29)30)18-12-22(32-2)23(33-3)13-20(18)28-25/h4-13H,1-3H3,(H,29,30). The van der Waals surface area contributed by atoms with E-state index in [4.69, 9.17) is 14.2 Å². The number of fused-ring (bicyclic) bond motifs is 1. The highest BCUT2D eigenvalue weighted by atomic mass is 16.5. The molecule has 0 bridgehead atoms. The number of hydrogen-bond donors (Lipinski definition) is 1. The SMILES string of the molecule is COc1cc2nc(-c3ccc(-c4ccccc4OC)cc3)c(C#N)c(C(=O)O)c2cc1OC. The van der Waals surface area contributed by atoms with E-state index in [0.717, 1.165) is 16.9 Å². The zero-order valence-electron chi connectivity index (χ0n) is 18.2. The van der Waals surface area contributed by atoms with Gasteiger partial charge in [0.05, 0.1) is 43.7 Å². The number of benzene rings is 3. The fourth-order valence-corrected chi connectivity index (χ4v) is 3.82. The van der Waals surface area contributed by atoms with Gasteiger partial charge in [0, 0.05) is 22.6 Å². The van der Waals surface area contributed by atoms with Crippen LogP contribution in [0.1, 0.15) is 15.9 Å². The van der Waals surface area contributed by atoms with E-state index >= 15 is 0 Å². The Kier molecular flexibility index (Phi) is 5.83. The van der Waals surface area contributed by atoms with E-state index in [1.807, 2.05) is 54.6 Å². The molecular formula is C26H20N2O5. The van der Waals surface area contributed by atoms with Crippen LogP contribution in [0.3, 0.4) is 0 Å². The average Bonchev–Trinajstić information content (AvgIpc) is 2.86. The minimum Gasteiger partial charge on any atom is -0.496 e. The summed E-state index contributed by atoms with van der Waals surface area (Å²) in [5.41, 5.74) is 2.96. The number of pyridine rings is 1. The van der Waals surface area contributed by atoms with E-state index < -0.39 is 5.97 Å². The molecule has 0 radical (unpaired) electrons. The first-order valence-electron chi connectivity index (χ1n) is 9.99. The summed E-state index contributed by atoms with van der Waals surface area (Å²) in [5, 5.41) is 20.1. The lowest BCUT2D eigenvalue weighted by molar-refractivity contribution is 0.0698. The number of aromatic nitrogens is 1. The molecule has 0 atom stereocenters. The molecule has 0 unspecified atom stereocenters. The normalized spacial score (nSPS) is 10.5. The van der Waals surface area contributed by atoms with Crippen molar-refractivity contribution in [3.05, 3.63) is 71.8 Å². The summed E-state index contributed by atoms with van der Waals surface area (Å²) in [6.07, 6.45) is 0. The number of ether oxygens (including phenoxy) is 3. The maximum absolute atomic E-state index is 12.2. The van der Waals surface area contributed by atoms with Crippen LogP contribution in [0.25, 0.3) is 33.3 Å². The second-order valence-corrected chi connectivity index (χ2v) is 7.13. The highest BCUT2D eigenvalue weighted by molar-refractivity contribution is 6.07. The van der Waals surface area contributed by atoms with Gasteiger partial charge in [0.25, 0.3) is 0 Å². The number of carboxylic acid groups (broad SMARTS) is 1. The largest absolute Gasteiger partial charge is 0.496 e. The molecule has 7 nitrogen and oxygen atoms in total. The molecule has 0 fully saturated rings. The highest BCUT2D eigenvalue weighted by Gasteiger charge is 2.23. The fraction of sp³-hybridized carbons (Fsp3) is 0.115. The van der Waals surface area contributed by atoms with Gasteiger partial charge in [0.1, 0.15) is 11.8 Å². The summed E-state index contributed by atoms with van der Waals surface area (Å²) in [6.45, 7) is 0. The third kappa shape index (κ3) is 3.79. The second-order valence-electron chi connectivity index (χ2n) is 7.13. The summed E-state index contributed by atoms with van der Waals surface area (Å²) < 4.78 is 16.1. The predicted octanol–water partition coefficient (Wildman–Crippen LogP) is 5.16. The Labute approximate surface area is 190 Å². The average molecular weight is 440 g/mol. The van der Waals surface area contributed by atoms with Gasteiger partial charge >= 0.3 is 5.97 Å². The third-order valence-corrected chi connectivity index (χ3v) is 5.39. The van der Waals surface area contributed by atoms with E-state index in [0.29, 0.717) is 28.0 Å². The van der Waals surface area contributed by atoms with Gasteiger partial charge in [-0.3, -0.25) is 0 Å². The number of nitriles is 1. The van der Waals surface area contributed by atoms with Crippen molar-refractivity contribution in [2.24, 2.45) is 0 Å². The van der Waals surface area contributed by atoms with E-state index in [-0.39, 0.29) is 16.8 Å². The molecule has 0 spiro atoms. The molecular weight excluding hydrogens is 420 g/mol. The van der Waals surface area contributed by atoms with E-state index in [1.54, 1.807) is 13.2 Å². The van der Waals surface area contributed by atoms with Gasteiger partial charge < -0.3 is 19.3 Å². The molecule has 3 aromatic carbocycles. The molecule has 1 aromatic heterocycles. The lowest BCUT2D eigenvalue weighted by atomic mass is 9.95. The Morgan fingerprint density at radius 1 is 0.879 bits per heavy atom. The summed E-state index contributed by atoms with van der Waals surface area (Å²) in [4.78, 5) is 16.8. The molecule has 0 aliphatic heterocycles. The van der Waals surface area contributed by atoms with Crippen molar-refractivity contribution in [2.45, 2.75) is 0 Å². The van der Waals surface area contributed by atoms with Crippen LogP contribution in [-0.4, -0.2) is 37.4 Å². The zero-order valence-corrected chi connectivity index (χ0v) is 18.2. The lowest BCUT2D eigenvalue weighted by Crippen LogP contribution is -2.06. The number of methoxy groups -OCH3 is 3. The monoisotopic (exact) mass is 440 g/mol. The molecule has 0 saturated carbocycles. The van der Waals surface area contributed by atoms with Gasteiger partial charge in [-0.25, -0.2) is 9.78 Å². The first-order valence-corrected chi connectivity index (χ1v) is 9.99. The number of hydrogen-bond acceptors (Lipinski definition) is 6. The van der Waals surface area contributed by atoms with Crippen LogP contribution in [0, 0.1) is 11.3 Å². The van der Waals surface area contributed by atoms with Crippen molar-refractivity contribution < 1.29 is 24.1 Å². The van der Waals surface area contributed by atoms with E-state index in [2.05, 4.69) is 4.98 Å². The molecule has 7 heteroatoms. The molecule has 164 valence electrons. The predicted molar refractivity (Wildman–Crippen MR) is 124 cm³/mol. The Hall–Kier alpha value is -4.57. The smallest absolute Gasteiger partial charge is 0.337 e. The molecule has 0 aliphatic carbocycles. The number of aromatic carboxylic acids is 1. The number of carboxylic acids is 1. The maximum Gasteiger partial charge on any atom is 0.337 e. The number of para-hydroxylation sites is 1. The molecule has 0 aliphatic rings. The highest BCUT2D eigenvalue weighted by Crippen LogP contribution is 2.37. The lowest BCUT2D eigenvalue weighted by Gasteiger charge is -2.14. The van der Waals surface area contributed by atoms with Crippen LogP contribution in [0.5, 0.6) is 17.2 Å². The van der Waals surface area contributed by atoms with Crippen molar-refractivity contribution >= 4 is 16.9 Å². The Bertz CT molecular complexity index is 1410. The van der Waals surface area contributed by atoms with E-state index in [9.17, 15) is 15.2 Å². The van der Waals surface area contributed by atoms with Crippen LogP contribution in [0.2, 0.25) is 0 Å². The summed E-state index contributed by atoms with van der Waals surface area (Å²) >= 11 is 0. The zero-order chi connectivity index (χ0) is 23.5. The van der Waals surface area contributed by atoms with Gasteiger partial charge in [-0.05, 0) is 17.7 Å². The number of carbonyl (C=O) groups is 1. The van der Waals surface area contributed by atoms with E-state index in [1.165, 1.54) is 20.3 Å². The van der Waals surface area contributed by atoms with Crippen molar-refractivity contribution in [3.63, 3.8) is 0 Å².